The Bertz CT molecular complexity index is 1580. The van der Waals surface area contributed by atoms with E-state index in [0.717, 1.165) is 43.2 Å². The fourth-order valence-electron chi connectivity index (χ4n) is 7.07. The van der Waals surface area contributed by atoms with E-state index in [1.165, 1.54) is 0 Å². The van der Waals surface area contributed by atoms with Crippen LogP contribution in [0, 0.1) is 24.7 Å². The zero-order chi connectivity index (χ0) is 31.0. The van der Waals surface area contributed by atoms with Crippen molar-refractivity contribution < 1.29 is 29.0 Å². The van der Waals surface area contributed by atoms with Crippen LogP contribution in [0.3, 0.4) is 0 Å². The minimum Gasteiger partial charge on any atom is -0.496 e. The van der Waals surface area contributed by atoms with Gasteiger partial charge in [0.1, 0.15) is 17.4 Å². The minimum absolute atomic E-state index is 0.0822. The second-order valence-electron chi connectivity index (χ2n) is 12.6. The molecule has 3 aliphatic rings. The molecule has 2 aliphatic carbocycles. The summed E-state index contributed by atoms with van der Waals surface area (Å²) in [5.41, 5.74) is 1.13. The average molecular weight is 601 g/mol. The number of nitrogens with zero attached hydrogens (tertiary/aromatic N) is 3. The highest BCUT2D eigenvalue weighted by molar-refractivity contribution is 5.94. The van der Waals surface area contributed by atoms with E-state index >= 15 is 0 Å². The monoisotopic (exact) mass is 600 g/mol. The van der Waals surface area contributed by atoms with Crippen LogP contribution in [0.25, 0.3) is 22.3 Å². The summed E-state index contributed by atoms with van der Waals surface area (Å²) in [6.45, 7) is 2.56. The van der Waals surface area contributed by atoms with E-state index in [1.807, 2.05) is 49.4 Å². The van der Waals surface area contributed by atoms with Gasteiger partial charge in [0.05, 0.1) is 29.8 Å². The molecular weight excluding hydrogens is 560 g/mol. The molecule has 232 valence electrons. The Labute approximate surface area is 257 Å². The highest BCUT2D eigenvalue weighted by atomic mass is 16.5. The summed E-state index contributed by atoms with van der Waals surface area (Å²) in [6.07, 6.45) is 5.07. The van der Waals surface area contributed by atoms with Gasteiger partial charge in [0.2, 0.25) is 17.7 Å². The van der Waals surface area contributed by atoms with Gasteiger partial charge in [-0.05, 0) is 57.1 Å². The number of aliphatic carboxylic acids is 1. The van der Waals surface area contributed by atoms with Crippen molar-refractivity contribution in [2.75, 3.05) is 20.7 Å². The normalized spacial score (nSPS) is 27.6. The van der Waals surface area contributed by atoms with E-state index in [4.69, 9.17) is 19.4 Å². The number of amides is 2. The van der Waals surface area contributed by atoms with Crippen LogP contribution in [0.2, 0.25) is 0 Å². The van der Waals surface area contributed by atoms with Crippen molar-refractivity contribution in [3.63, 3.8) is 0 Å². The van der Waals surface area contributed by atoms with Gasteiger partial charge in [0.15, 0.2) is 5.82 Å². The Kier molecular flexibility index (Phi) is 8.18. The molecule has 3 fully saturated rings. The van der Waals surface area contributed by atoms with Crippen molar-refractivity contribution in [1.82, 2.24) is 20.2 Å². The maximum atomic E-state index is 13.8. The van der Waals surface area contributed by atoms with Crippen LogP contribution in [-0.2, 0) is 14.4 Å². The fourth-order valence-corrected chi connectivity index (χ4v) is 7.07. The molecule has 0 spiro atoms. The Hall–Kier alpha value is -4.21. The van der Waals surface area contributed by atoms with Crippen LogP contribution in [0.4, 0.5) is 0 Å². The molecule has 2 saturated carbocycles. The molecule has 0 radical (unpaired) electrons. The third kappa shape index (κ3) is 5.57. The van der Waals surface area contributed by atoms with Crippen LogP contribution < -0.4 is 14.8 Å². The van der Waals surface area contributed by atoms with Gasteiger partial charge in [-0.2, -0.15) is 4.98 Å². The number of ether oxygens (including phenoxy) is 2. The Balaban J connectivity index is 1.34. The zero-order valence-electron chi connectivity index (χ0n) is 25.5. The summed E-state index contributed by atoms with van der Waals surface area (Å²) in [5, 5.41) is 13.7. The first-order valence-corrected chi connectivity index (χ1v) is 15.6. The number of carbonyl (C=O) groups excluding carboxylic acids is 2. The summed E-state index contributed by atoms with van der Waals surface area (Å²) in [7, 11) is 3.40. The Morgan fingerprint density at radius 1 is 1.02 bits per heavy atom. The van der Waals surface area contributed by atoms with Gasteiger partial charge in [0.25, 0.3) is 0 Å². The van der Waals surface area contributed by atoms with E-state index in [0.29, 0.717) is 47.7 Å². The lowest BCUT2D eigenvalue weighted by Gasteiger charge is -2.26. The van der Waals surface area contributed by atoms with Gasteiger partial charge >= 0.3 is 5.97 Å². The van der Waals surface area contributed by atoms with Crippen molar-refractivity contribution in [2.45, 2.75) is 69.9 Å². The Morgan fingerprint density at radius 3 is 2.52 bits per heavy atom. The molecule has 10 heteroatoms. The molecule has 3 aromatic rings. The zero-order valence-corrected chi connectivity index (χ0v) is 25.5. The van der Waals surface area contributed by atoms with E-state index in [-0.39, 0.29) is 24.2 Å². The van der Waals surface area contributed by atoms with Crippen molar-refractivity contribution in [1.29, 1.82) is 0 Å². The maximum absolute atomic E-state index is 13.8. The molecular formula is C34H40N4O6. The largest absolute Gasteiger partial charge is 0.496 e. The number of carboxylic acid groups (broad SMARTS) is 1. The molecule has 10 nitrogen and oxygen atoms in total. The van der Waals surface area contributed by atoms with Crippen LogP contribution in [0.15, 0.2) is 42.5 Å². The molecule has 1 saturated heterocycles. The fraction of sp³-hybridized carbons (Fsp3) is 0.500. The molecule has 2 amide bonds. The van der Waals surface area contributed by atoms with Gasteiger partial charge in [-0.1, -0.05) is 49.6 Å². The van der Waals surface area contributed by atoms with Crippen LogP contribution in [0.5, 0.6) is 11.6 Å². The summed E-state index contributed by atoms with van der Waals surface area (Å²) in [5.74, 6) is -1.34. The predicted octanol–water partition coefficient (Wildman–Crippen LogP) is 4.77. The van der Waals surface area contributed by atoms with Crippen LogP contribution >= 0.6 is 0 Å². The third-order valence-electron chi connectivity index (χ3n) is 9.75. The Morgan fingerprint density at radius 2 is 1.77 bits per heavy atom. The molecule has 2 aromatic carbocycles. The number of aryl methyl sites for hydroxylation is 1. The first-order chi connectivity index (χ1) is 21.2. The van der Waals surface area contributed by atoms with Crippen molar-refractivity contribution in [3.8, 4) is 23.0 Å². The van der Waals surface area contributed by atoms with Crippen LogP contribution in [0.1, 0.15) is 56.9 Å². The molecule has 2 heterocycles. The predicted molar refractivity (Wildman–Crippen MR) is 164 cm³/mol. The highest BCUT2D eigenvalue weighted by Crippen LogP contribution is 2.48. The van der Waals surface area contributed by atoms with Crippen molar-refractivity contribution >= 4 is 28.7 Å². The molecule has 0 unspecified atom stereocenters. The molecule has 1 aromatic heterocycles. The molecule has 5 atom stereocenters. The number of hydrogen-bond acceptors (Lipinski definition) is 7. The van der Waals surface area contributed by atoms with E-state index in [2.05, 4.69) is 5.32 Å². The standard InChI is InChI=1S/C34H40N4O6/c1-20-27(43-3)15-14-24-28(20)35-29(21-11-7-6-8-12-21)36-31(24)44-23-17-25-26(18-23)32(40)38(2)16-10-5-4-9-13-22-19-34(22,33(41)42)37-30(25)39/h6-8,11-12,14-15,22-23,25-26H,4-5,9-10,13,16-19H2,1-3H3,(H,37,39)(H,41,42)/t22-,23-,25-,26-,34-/m1/s1. The average Bonchev–Trinajstić information content (AvgIpc) is 3.56. The summed E-state index contributed by atoms with van der Waals surface area (Å²) in [6, 6.07) is 13.4. The number of carbonyl (C=O) groups is 3. The molecule has 1 aliphatic heterocycles. The third-order valence-corrected chi connectivity index (χ3v) is 9.75. The number of aromatic nitrogens is 2. The van der Waals surface area contributed by atoms with E-state index in [1.54, 1.807) is 19.1 Å². The lowest BCUT2D eigenvalue weighted by molar-refractivity contribution is -0.145. The SMILES string of the molecule is COc1ccc2c(O[C@@H]3C[C@H]4C(=O)N[C@]5(C(=O)O)C[C@H]5CCCCCCN(C)C(=O)[C@@H]4C3)nc(-c3ccccc3)nc2c1C. The minimum atomic E-state index is -1.25. The smallest absolute Gasteiger partial charge is 0.329 e. The van der Waals surface area contributed by atoms with E-state index < -0.39 is 29.4 Å². The van der Waals surface area contributed by atoms with Gasteiger partial charge in [-0.3, -0.25) is 9.59 Å². The van der Waals surface area contributed by atoms with Gasteiger partial charge < -0.3 is 24.8 Å². The van der Waals surface area contributed by atoms with Gasteiger partial charge in [0, 0.05) is 24.7 Å². The van der Waals surface area contributed by atoms with Crippen molar-refractivity contribution in [3.05, 3.63) is 48.0 Å². The number of rotatable bonds is 5. The summed E-state index contributed by atoms with van der Waals surface area (Å²) in [4.78, 5) is 51.3. The second-order valence-corrected chi connectivity index (χ2v) is 12.6. The summed E-state index contributed by atoms with van der Waals surface area (Å²) >= 11 is 0. The molecule has 0 bridgehead atoms. The van der Waals surface area contributed by atoms with Gasteiger partial charge in [-0.25, -0.2) is 9.78 Å². The number of hydrogen-bond donors (Lipinski definition) is 2. The number of fused-ring (bicyclic) bond motifs is 3. The van der Waals surface area contributed by atoms with E-state index in [9.17, 15) is 19.5 Å². The first kappa shape index (κ1) is 29.8. The highest BCUT2D eigenvalue weighted by Gasteiger charge is 2.62. The molecule has 2 N–H and O–H groups in total. The second kappa shape index (κ2) is 12.1. The number of nitrogens with one attached hydrogen (secondary N) is 1. The first-order valence-electron chi connectivity index (χ1n) is 15.6. The lowest BCUT2D eigenvalue weighted by atomic mass is 9.92. The van der Waals surface area contributed by atoms with Gasteiger partial charge in [-0.15, -0.1) is 0 Å². The quantitative estimate of drug-likeness (QED) is 0.428. The topological polar surface area (TPSA) is 131 Å². The van der Waals surface area contributed by atoms with Crippen LogP contribution in [-0.4, -0.2) is 70.1 Å². The summed E-state index contributed by atoms with van der Waals surface area (Å²) < 4.78 is 12.1. The number of benzene rings is 2. The lowest BCUT2D eigenvalue weighted by Crippen LogP contribution is -2.49. The maximum Gasteiger partial charge on any atom is 0.329 e. The molecule has 6 rings (SSSR count). The van der Waals surface area contributed by atoms with Crippen molar-refractivity contribution in [2.24, 2.45) is 17.8 Å². The molecule has 44 heavy (non-hydrogen) atoms. The number of methoxy groups -OCH3 is 1. The number of carboxylic acids is 1.